The Morgan fingerprint density at radius 2 is 0.583 bits per heavy atom. The molecule has 0 amide bonds. The molecule has 278 valence electrons. The van der Waals surface area contributed by atoms with Crippen LogP contribution in [0.2, 0.25) is 0 Å². The maximum Gasteiger partial charge on any atom is 0.0540 e. The standard InChI is InChI=1S/C58H36N2/c1-3-13-45(14-4-1)59(53-33-26-42-20-18-38-9-7-11-40-24-30-50(53)57(42)55(38)40)47-29-32-49-44(35-47)22-17-37-23-28-48(36-52(37)49)60(46-15-5-2-6-16-46)54-34-27-43-21-19-39-10-8-12-41-25-31-51(54)58(43)56(39)41/h1-36H. The zero-order chi connectivity index (χ0) is 39.3. The highest BCUT2D eigenvalue weighted by molar-refractivity contribution is 6.27. The van der Waals surface area contributed by atoms with E-state index in [0.29, 0.717) is 0 Å². The van der Waals surface area contributed by atoms with Crippen LogP contribution >= 0.6 is 0 Å². The first-order chi connectivity index (χ1) is 29.7. The average Bonchev–Trinajstić information content (AvgIpc) is 3.31. The molecular weight excluding hydrogens is 725 g/mol. The minimum Gasteiger partial charge on any atom is -0.310 e. The summed E-state index contributed by atoms with van der Waals surface area (Å²) < 4.78 is 0. The Kier molecular flexibility index (Phi) is 7.05. The van der Waals surface area contributed by atoms with Crippen LogP contribution in [-0.4, -0.2) is 0 Å². The summed E-state index contributed by atoms with van der Waals surface area (Å²) in [5.41, 5.74) is 6.84. The van der Waals surface area contributed by atoms with E-state index in [1.165, 1.54) is 97.6 Å². The zero-order valence-corrected chi connectivity index (χ0v) is 32.7. The van der Waals surface area contributed by atoms with Gasteiger partial charge in [0, 0.05) is 33.5 Å². The van der Waals surface area contributed by atoms with Crippen molar-refractivity contribution in [3.05, 3.63) is 218 Å². The van der Waals surface area contributed by atoms with Crippen molar-refractivity contribution >= 4 is 120 Å². The van der Waals surface area contributed by atoms with E-state index in [0.717, 1.165) is 22.7 Å². The van der Waals surface area contributed by atoms with Crippen LogP contribution in [0.3, 0.4) is 0 Å². The molecule has 0 bridgehead atoms. The molecular formula is C58H36N2. The van der Waals surface area contributed by atoms with E-state index in [1.54, 1.807) is 0 Å². The lowest BCUT2D eigenvalue weighted by molar-refractivity contribution is 1.30. The van der Waals surface area contributed by atoms with Crippen molar-refractivity contribution < 1.29 is 0 Å². The Labute approximate surface area is 347 Å². The molecule has 0 aromatic heterocycles. The van der Waals surface area contributed by atoms with Crippen LogP contribution in [0.15, 0.2) is 218 Å². The number of hydrogen-bond acceptors (Lipinski definition) is 2. The second-order valence-electron chi connectivity index (χ2n) is 16.1. The van der Waals surface area contributed by atoms with Crippen LogP contribution < -0.4 is 9.80 Å². The lowest BCUT2D eigenvalue weighted by Gasteiger charge is -2.28. The summed E-state index contributed by atoms with van der Waals surface area (Å²) in [5, 5.41) is 20.3. The van der Waals surface area contributed by atoms with E-state index < -0.39 is 0 Å². The molecule has 13 aromatic carbocycles. The van der Waals surface area contributed by atoms with E-state index in [9.17, 15) is 0 Å². The SMILES string of the molecule is c1ccc(N(c2ccc3c(ccc4ccc(N(c5ccccc5)c5ccc6ccc7cccc8ccc5c6c78)cc43)c2)c2ccc3ccc4cccc5ccc2c3c45)cc1. The zero-order valence-electron chi connectivity index (χ0n) is 32.7. The monoisotopic (exact) mass is 760 g/mol. The molecule has 0 saturated carbocycles. The molecule has 13 rings (SSSR count). The van der Waals surface area contributed by atoms with Crippen molar-refractivity contribution in [2.75, 3.05) is 9.80 Å². The number of hydrogen-bond donors (Lipinski definition) is 0. The van der Waals surface area contributed by atoms with Crippen LogP contribution in [0.25, 0.3) is 86.2 Å². The molecule has 0 fully saturated rings. The molecule has 13 aromatic rings. The number of rotatable bonds is 6. The van der Waals surface area contributed by atoms with E-state index in [2.05, 4.69) is 228 Å². The van der Waals surface area contributed by atoms with Crippen LogP contribution in [0.1, 0.15) is 0 Å². The van der Waals surface area contributed by atoms with E-state index in [1.807, 2.05) is 0 Å². The Hall–Kier alpha value is -7.94. The topological polar surface area (TPSA) is 6.48 Å². The molecule has 0 aliphatic heterocycles. The molecule has 0 saturated heterocycles. The van der Waals surface area contributed by atoms with Crippen LogP contribution in [-0.2, 0) is 0 Å². The summed E-state index contributed by atoms with van der Waals surface area (Å²) in [6.07, 6.45) is 0. The molecule has 0 aliphatic carbocycles. The van der Waals surface area contributed by atoms with Crippen molar-refractivity contribution in [3.8, 4) is 0 Å². The molecule has 0 heterocycles. The first kappa shape index (κ1) is 33.1. The summed E-state index contributed by atoms with van der Waals surface area (Å²) >= 11 is 0. The first-order valence-corrected chi connectivity index (χ1v) is 20.8. The number of para-hydroxylation sites is 2. The van der Waals surface area contributed by atoms with Crippen LogP contribution in [0.4, 0.5) is 34.1 Å². The van der Waals surface area contributed by atoms with Gasteiger partial charge in [-0.3, -0.25) is 0 Å². The fourth-order valence-electron chi connectivity index (χ4n) is 10.2. The van der Waals surface area contributed by atoms with Crippen molar-refractivity contribution in [2.24, 2.45) is 0 Å². The lowest BCUT2D eigenvalue weighted by atomic mass is 9.93. The summed E-state index contributed by atoms with van der Waals surface area (Å²) in [4.78, 5) is 4.86. The van der Waals surface area contributed by atoms with Crippen LogP contribution in [0.5, 0.6) is 0 Å². The van der Waals surface area contributed by atoms with Crippen molar-refractivity contribution in [3.63, 3.8) is 0 Å². The molecule has 60 heavy (non-hydrogen) atoms. The molecule has 0 aliphatic rings. The maximum atomic E-state index is 2.43. The molecule has 0 unspecified atom stereocenters. The molecule has 2 nitrogen and oxygen atoms in total. The highest BCUT2D eigenvalue weighted by Crippen LogP contribution is 2.47. The van der Waals surface area contributed by atoms with E-state index in [4.69, 9.17) is 0 Å². The second kappa shape index (κ2) is 12.8. The molecule has 2 heteroatoms. The average molecular weight is 761 g/mol. The molecule has 0 N–H and O–H groups in total. The fourth-order valence-corrected chi connectivity index (χ4v) is 10.2. The lowest BCUT2D eigenvalue weighted by Crippen LogP contribution is -2.11. The van der Waals surface area contributed by atoms with Gasteiger partial charge in [-0.15, -0.1) is 0 Å². The van der Waals surface area contributed by atoms with Crippen LogP contribution in [0, 0.1) is 0 Å². The quantitative estimate of drug-likeness (QED) is 0.156. The number of benzene rings is 13. The third kappa shape index (κ3) is 4.88. The van der Waals surface area contributed by atoms with Gasteiger partial charge in [-0.05, 0) is 136 Å². The summed E-state index contributed by atoms with van der Waals surface area (Å²) in [5.74, 6) is 0. The summed E-state index contributed by atoms with van der Waals surface area (Å²) in [6, 6.07) is 80.7. The highest BCUT2D eigenvalue weighted by atomic mass is 15.1. The number of nitrogens with zero attached hydrogens (tertiary/aromatic N) is 2. The minimum absolute atomic E-state index is 1.12. The smallest absolute Gasteiger partial charge is 0.0540 e. The van der Waals surface area contributed by atoms with Gasteiger partial charge in [0.05, 0.1) is 11.4 Å². The van der Waals surface area contributed by atoms with Gasteiger partial charge in [0.25, 0.3) is 0 Å². The van der Waals surface area contributed by atoms with Gasteiger partial charge >= 0.3 is 0 Å². The number of anilines is 6. The van der Waals surface area contributed by atoms with Crippen molar-refractivity contribution in [1.29, 1.82) is 0 Å². The third-order valence-electron chi connectivity index (χ3n) is 12.8. The molecule has 0 radical (unpaired) electrons. The summed E-state index contributed by atoms with van der Waals surface area (Å²) in [6.45, 7) is 0. The highest BCUT2D eigenvalue weighted by Gasteiger charge is 2.21. The Bertz CT molecular complexity index is 3750. The molecule has 0 atom stereocenters. The Balaban J connectivity index is 0.999. The fraction of sp³-hybridized carbons (Fsp3) is 0. The van der Waals surface area contributed by atoms with E-state index in [-0.39, 0.29) is 0 Å². The third-order valence-corrected chi connectivity index (χ3v) is 12.8. The largest absolute Gasteiger partial charge is 0.310 e. The summed E-state index contributed by atoms with van der Waals surface area (Å²) in [7, 11) is 0. The van der Waals surface area contributed by atoms with Gasteiger partial charge in [-0.25, -0.2) is 0 Å². The van der Waals surface area contributed by atoms with E-state index >= 15 is 0 Å². The van der Waals surface area contributed by atoms with Gasteiger partial charge in [0.15, 0.2) is 0 Å². The Morgan fingerprint density at radius 1 is 0.200 bits per heavy atom. The predicted molar refractivity (Wildman–Crippen MR) is 258 cm³/mol. The maximum absolute atomic E-state index is 2.43. The van der Waals surface area contributed by atoms with Crippen molar-refractivity contribution in [1.82, 2.24) is 0 Å². The van der Waals surface area contributed by atoms with Gasteiger partial charge in [-0.2, -0.15) is 0 Å². The predicted octanol–water partition coefficient (Wildman–Crippen LogP) is 16.7. The van der Waals surface area contributed by atoms with Gasteiger partial charge in [-0.1, -0.05) is 158 Å². The van der Waals surface area contributed by atoms with Gasteiger partial charge in [0.2, 0.25) is 0 Å². The molecule has 0 spiro atoms. The van der Waals surface area contributed by atoms with Crippen molar-refractivity contribution in [2.45, 2.75) is 0 Å². The van der Waals surface area contributed by atoms with Gasteiger partial charge < -0.3 is 9.80 Å². The normalized spacial score (nSPS) is 12.0. The first-order valence-electron chi connectivity index (χ1n) is 20.8. The van der Waals surface area contributed by atoms with Gasteiger partial charge in [0.1, 0.15) is 0 Å². The number of fused-ring (bicyclic) bond motifs is 3. The minimum atomic E-state index is 1.12. The second-order valence-corrected chi connectivity index (χ2v) is 16.1. The Morgan fingerprint density at radius 3 is 1.12 bits per heavy atom.